The Morgan fingerprint density at radius 3 is 2.43 bits per heavy atom. The van der Waals surface area contributed by atoms with Gasteiger partial charge in [-0.1, -0.05) is 0 Å². The summed E-state index contributed by atoms with van der Waals surface area (Å²) in [7, 11) is 0. The summed E-state index contributed by atoms with van der Waals surface area (Å²) >= 11 is 0. The molecule has 6 heteroatoms. The lowest BCUT2D eigenvalue weighted by atomic mass is 10.3. The van der Waals surface area contributed by atoms with E-state index in [-0.39, 0.29) is 0 Å². The highest BCUT2D eigenvalue weighted by molar-refractivity contribution is 5.38. The van der Waals surface area contributed by atoms with Crippen molar-refractivity contribution in [2.24, 2.45) is 0 Å². The van der Waals surface area contributed by atoms with Gasteiger partial charge in [-0.05, 0) is 12.1 Å². The van der Waals surface area contributed by atoms with Crippen molar-refractivity contribution in [2.75, 3.05) is 6.61 Å². The van der Waals surface area contributed by atoms with E-state index in [0.29, 0.717) is 6.07 Å². The smallest absolute Gasteiger partial charge is 0.422 e. The number of alkyl halides is 3. The van der Waals surface area contributed by atoms with Crippen LogP contribution in [-0.4, -0.2) is 17.9 Å². The van der Waals surface area contributed by atoms with E-state index < -0.39 is 30.1 Å². The van der Waals surface area contributed by atoms with Gasteiger partial charge in [0.1, 0.15) is 5.82 Å². The maximum absolute atomic E-state index is 12.4. The van der Waals surface area contributed by atoms with Crippen molar-refractivity contribution in [3.63, 3.8) is 0 Å². The van der Waals surface area contributed by atoms with Crippen LogP contribution in [-0.2, 0) is 0 Å². The van der Waals surface area contributed by atoms with Crippen LogP contribution in [0.1, 0.15) is 0 Å². The Labute approximate surface area is 76.7 Å². The molecule has 0 bridgehead atoms. The van der Waals surface area contributed by atoms with Gasteiger partial charge < -0.3 is 9.84 Å². The Hall–Kier alpha value is -1.46. The lowest BCUT2D eigenvalue weighted by Crippen LogP contribution is -2.19. The van der Waals surface area contributed by atoms with Gasteiger partial charge in [0.05, 0.1) is 0 Å². The summed E-state index contributed by atoms with van der Waals surface area (Å²) in [4.78, 5) is 0. The Kier molecular flexibility index (Phi) is 2.83. The van der Waals surface area contributed by atoms with E-state index in [2.05, 4.69) is 4.74 Å². The molecule has 78 valence electrons. The van der Waals surface area contributed by atoms with Crippen LogP contribution < -0.4 is 4.74 Å². The average molecular weight is 210 g/mol. The number of aromatic hydroxyl groups is 1. The number of hydrogen-bond donors (Lipinski definition) is 1. The second-order valence-electron chi connectivity index (χ2n) is 2.52. The molecule has 0 amide bonds. The van der Waals surface area contributed by atoms with Crippen LogP contribution in [0.2, 0.25) is 0 Å². The van der Waals surface area contributed by atoms with E-state index in [4.69, 9.17) is 5.11 Å². The van der Waals surface area contributed by atoms with Crippen LogP contribution in [0.15, 0.2) is 18.2 Å². The minimum absolute atomic E-state index is 0.399. The monoisotopic (exact) mass is 210 g/mol. The molecule has 0 saturated carbocycles. The molecule has 1 aromatic carbocycles. The first-order chi connectivity index (χ1) is 6.38. The van der Waals surface area contributed by atoms with Crippen molar-refractivity contribution in [3.8, 4) is 11.5 Å². The van der Waals surface area contributed by atoms with E-state index in [1.807, 2.05) is 0 Å². The van der Waals surface area contributed by atoms with E-state index >= 15 is 0 Å². The van der Waals surface area contributed by atoms with Gasteiger partial charge in [0, 0.05) is 6.07 Å². The summed E-state index contributed by atoms with van der Waals surface area (Å²) in [5.74, 6) is -1.81. The first-order valence-electron chi connectivity index (χ1n) is 3.56. The molecule has 0 aliphatic rings. The molecule has 0 aliphatic heterocycles. The van der Waals surface area contributed by atoms with Gasteiger partial charge in [0.25, 0.3) is 0 Å². The Morgan fingerprint density at radius 1 is 1.29 bits per heavy atom. The second kappa shape index (κ2) is 3.73. The van der Waals surface area contributed by atoms with Crippen molar-refractivity contribution < 1.29 is 27.4 Å². The fourth-order valence-corrected chi connectivity index (χ4v) is 0.772. The Bertz CT molecular complexity index is 322. The number of benzene rings is 1. The maximum atomic E-state index is 12.4. The molecule has 14 heavy (non-hydrogen) atoms. The van der Waals surface area contributed by atoms with E-state index in [9.17, 15) is 17.6 Å². The molecule has 0 aliphatic carbocycles. The molecule has 0 fully saturated rings. The summed E-state index contributed by atoms with van der Waals surface area (Å²) in [6.45, 7) is -1.52. The minimum Gasteiger partial charge on any atom is -0.504 e. The fraction of sp³-hybridized carbons (Fsp3) is 0.250. The number of halogens is 4. The Balaban J connectivity index is 2.68. The predicted molar refractivity (Wildman–Crippen MR) is 39.6 cm³/mol. The number of rotatable bonds is 2. The first-order valence-corrected chi connectivity index (χ1v) is 3.56. The standard InChI is InChI=1S/C8H6F4O2/c9-5-1-2-7(6(13)3-5)14-4-8(10,11)12/h1-3,13H,4H2. The van der Waals surface area contributed by atoms with Gasteiger partial charge in [-0.15, -0.1) is 0 Å². The highest BCUT2D eigenvalue weighted by Gasteiger charge is 2.28. The van der Waals surface area contributed by atoms with Crippen LogP contribution in [0.3, 0.4) is 0 Å². The molecule has 1 N–H and O–H groups in total. The summed E-state index contributed by atoms with van der Waals surface area (Å²) in [5, 5.41) is 8.96. The minimum atomic E-state index is -4.49. The normalized spacial score (nSPS) is 11.4. The van der Waals surface area contributed by atoms with Crippen molar-refractivity contribution >= 4 is 0 Å². The quantitative estimate of drug-likeness (QED) is 0.760. The van der Waals surface area contributed by atoms with Crippen molar-refractivity contribution in [1.29, 1.82) is 0 Å². The van der Waals surface area contributed by atoms with Crippen LogP contribution in [0, 0.1) is 5.82 Å². The highest BCUT2D eigenvalue weighted by Crippen LogP contribution is 2.27. The molecule has 1 aromatic rings. The van der Waals surface area contributed by atoms with Gasteiger partial charge in [-0.2, -0.15) is 13.2 Å². The maximum Gasteiger partial charge on any atom is 0.422 e. The van der Waals surface area contributed by atoms with Crippen molar-refractivity contribution in [1.82, 2.24) is 0 Å². The molecule has 0 atom stereocenters. The molecule has 0 heterocycles. The molecule has 1 rings (SSSR count). The lowest BCUT2D eigenvalue weighted by molar-refractivity contribution is -0.153. The van der Waals surface area contributed by atoms with Crippen LogP contribution >= 0.6 is 0 Å². The molecule has 2 nitrogen and oxygen atoms in total. The molecule has 0 unspecified atom stereocenters. The highest BCUT2D eigenvalue weighted by atomic mass is 19.4. The van der Waals surface area contributed by atoms with Gasteiger partial charge in [-0.25, -0.2) is 4.39 Å². The third-order valence-corrected chi connectivity index (χ3v) is 1.31. The SMILES string of the molecule is Oc1cc(F)ccc1OCC(F)(F)F. The summed E-state index contributed by atoms with van der Waals surface area (Å²) < 4.78 is 51.6. The zero-order valence-electron chi connectivity index (χ0n) is 6.81. The number of phenolic OH excluding ortho intramolecular Hbond substituents is 1. The van der Waals surface area contributed by atoms with Crippen molar-refractivity contribution in [2.45, 2.75) is 6.18 Å². The molecule has 0 spiro atoms. The van der Waals surface area contributed by atoms with Gasteiger partial charge >= 0.3 is 6.18 Å². The largest absolute Gasteiger partial charge is 0.504 e. The van der Waals surface area contributed by atoms with Gasteiger partial charge in [0.15, 0.2) is 18.1 Å². The Morgan fingerprint density at radius 2 is 1.93 bits per heavy atom. The number of ether oxygens (including phenoxy) is 1. The van der Waals surface area contributed by atoms with Crippen LogP contribution in [0.4, 0.5) is 17.6 Å². The van der Waals surface area contributed by atoms with Gasteiger partial charge in [-0.3, -0.25) is 0 Å². The van der Waals surface area contributed by atoms with E-state index in [0.717, 1.165) is 12.1 Å². The molecular formula is C8H6F4O2. The molecule has 0 aromatic heterocycles. The summed E-state index contributed by atoms with van der Waals surface area (Å²) in [6, 6.07) is 2.49. The fourth-order valence-electron chi connectivity index (χ4n) is 0.772. The van der Waals surface area contributed by atoms with Crippen molar-refractivity contribution in [3.05, 3.63) is 24.0 Å². The number of hydrogen-bond acceptors (Lipinski definition) is 2. The van der Waals surface area contributed by atoms with Gasteiger partial charge in [0.2, 0.25) is 0 Å². The predicted octanol–water partition coefficient (Wildman–Crippen LogP) is 2.47. The zero-order valence-corrected chi connectivity index (χ0v) is 6.81. The average Bonchev–Trinajstić information content (AvgIpc) is 2.00. The molecule has 0 radical (unpaired) electrons. The van der Waals surface area contributed by atoms with Crippen LogP contribution in [0.25, 0.3) is 0 Å². The topological polar surface area (TPSA) is 29.5 Å². The zero-order chi connectivity index (χ0) is 10.8. The summed E-state index contributed by atoms with van der Waals surface area (Å²) in [5.41, 5.74) is 0. The van der Waals surface area contributed by atoms with E-state index in [1.54, 1.807) is 0 Å². The third-order valence-electron chi connectivity index (χ3n) is 1.31. The second-order valence-corrected chi connectivity index (χ2v) is 2.52. The molecule has 0 saturated heterocycles. The number of phenols is 1. The van der Waals surface area contributed by atoms with Crippen LogP contribution in [0.5, 0.6) is 11.5 Å². The lowest BCUT2D eigenvalue weighted by Gasteiger charge is -2.09. The first kappa shape index (κ1) is 10.6. The third kappa shape index (κ3) is 3.12. The van der Waals surface area contributed by atoms with E-state index in [1.165, 1.54) is 0 Å². The molecular weight excluding hydrogens is 204 g/mol. The summed E-state index contributed by atoms with van der Waals surface area (Å²) in [6.07, 6.45) is -4.49.